The molecule has 1 aliphatic rings. The van der Waals surface area contributed by atoms with Crippen LogP contribution in [-0.2, 0) is 25.5 Å². The predicted molar refractivity (Wildman–Crippen MR) is 107 cm³/mol. The Morgan fingerprint density at radius 2 is 1.69 bits per heavy atom. The summed E-state index contributed by atoms with van der Waals surface area (Å²) in [6.07, 6.45) is 0.275. The van der Waals surface area contributed by atoms with Crippen LogP contribution in [0, 0.1) is 0 Å². The molecule has 1 aromatic rings. The summed E-state index contributed by atoms with van der Waals surface area (Å²) < 4.78 is 4.91. The van der Waals surface area contributed by atoms with Crippen LogP contribution in [0.2, 0.25) is 0 Å². The summed E-state index contributed by atoms with van der Waals surface area (Å²) in [6, 6.07) is 8.51. The smallest absolute Gasteiger partial charge is 0.336 e. The number of nitrogens with two attached hydrogens (primary N) is 2. The minimum absolute atomic E-state index is 0.222. The zero-order valence-electron chi connectivity index (χ0n) is 16.5. The number of rotatable bonds is 13. The van der Waals surface area contributed by atoms with Crippen molar-refractivity contribution < 1.29 is 24.2 Å². The van der Waals surface area contributed by atoms with Crippen molar-refractivity contribution >= 4 is 17.8 Å². The molecule has 1 aromatic carbocycles. The van der Waals surface area contributed by atoms with Crippen LogP contribution < -0.4 is 16.8 Å². The molecule has 29 heavy (non-hydrogen) atoms. The number of carboxylic acid groups (broad SMARTS) is 1. The van der Waals surface area contributed by atoms with E-state index in [9.17, 15) is 14.4 Å². The van der Waals surface area contributed by atoms with Crippen molar-refractivity contribution in [2.24, 2.45) is 11.5 Å². The van der Waals surface area contributed by atoms with Crippen molar-refractivity contribution in [3.05, 3.63) is 35.9 Å². The normalized spacial score (nSPS) is 18.7. The summed E-state index contributed by atoms with van der Waals surface area (Å²) in [5.41, 5.74) is 12.0. The molecule has 3 atom stereocenters. The van der Waals surface area contributed by atoms with Gasteiger partial charge in [0.05, 0.1) is 0 Å². The van der Waals surface area contributed by atoms with Gasteiger partial charge in [0.1, 0.15) is 6.04 Å². The molecule has 1 saturated heterocycles. The number of aliphatic carboxylic acids is 1. The molecule has 3 unspecified atom stereocenters. The van der Waals surface area contributed by atoms with E-state index >= 15 is 0 Å². The van der Waals surface area contributed by atoms with Gasteiger partial charge in [-0.2, -0.15) is 0 Å². The number of ether oxygens (including phenoxy) is 1. The van der Waals surface area contributed by atoms with Crippen LogP contribution in [0.5, 0.6) is 0 Å². The molecule has 0 radical (unpaired) electrons. The van der Waals surface area contributed by atoms with Gasteiger partial charge >= 0.3 is 5.97 Å². The van der Waals surface area contributed by atoms with Gasteiger partial charge in [0.25, 0.3) is 5.91 Å². The van der Waals surface area contributed by atoms with E-state index in [1.54, 1.807) is 4.90 Å². The predicted octanol–water partition coefficient (Wildman–Crippen LogP) is -0.518. The highest BCUT2D eigenvalue weighted by Crippen LogP contribution is 2.22. The van der Waals surface area contributed by atoms with Gasteiger partial charge in [0.15, 0.2) is 12.2 Å². The maximum Gasteiger partial charge on any atom is 0.336 e. The monoisotopic (exact) mass is 406 g/mol. The summed E-state index contributed by atoms with van der Waals surface area (Å²) in [5.74, 6) is -2.00. The zero-order chi connectivity index (χ0) is 21.2. The second-order valence-corrected chi connectivity index (χ2v) is 7.03. The van der Waals surface area contributed by atoms with Crippen molar-refractivity contribution in [3.63, 3.8) is 0 Å². The molecule has 1 fully saturated rings. The quantitative estimate of drug-likeness (QED) is 0.254. The first-order valence-electron chi connectivity index (χ1n) is 9.89. The first-order chi connectivity index (χ1) is 14.0. The number of carbonyl (C=O) groups excluding carboxylic acids is 2. The second kappa shape index (κ2) is 11.5. The third kappa shape index (κ3) is 7.12. The number of hydrogen-bond donors (Lipinski definition) is 4. The molecule has 2 amide bonds. The maximum absolute atomic E-state index is 13.2. The highest BCUT2D eigenvalue weighted by atomic mass is 16.6. The van der Waals surface area contributed by atoms with E-state index in [1.807, 2.05) is 30.3 Å². The summed E-state index contributed by atoms with van der Waals surface area (Å²) in [6.45, 7) is 2.00. The highest BCUT2D eigenvalue weighted by Gasteiger charge is 2.51. The average Bonchev–Trinajstić information content (AvgIpc) is 3.52. The fourth-order valence-electron chi connectivity index (χ4n) is 3.09. The summed E-state index contributed by atoms with van der Waals surface area (Å²) in [5, 5.41) is 11.6. The van der Waals surface area contributed by atoms with Crippen LogP contribution in [-0.4, -0.2) is 72.2 Å². The lowest BCUT2D eigenvalue weighted by atomic mass is 10.0. The lowest BCUT2D eigenvalue weighted by molar-refractivity contribution is -0.138. The molecule has 9 nitrogen and oxygen atoms in total. The Hall–Kier alpha value is -2.49. The molecule has 0 saturated carbocycles. The van der Waals surface area contributed by atoms with Gasteiger partial charge in [-0.3, -0.25) is 9.59 Å². The third-order valence-corrected chi connectivity index (χ3v) is 4.72. The number of benzene rings is 1. The highest BCUT2D eigenvalue weighted by molar-refractivity contribution is 5.95. The van der Waals surface area contributed by atoms with Gasteiger partial charge in [-0.1, -0.05) is 30.3 Å². The maximum atomic E-state index is 13.2. The fourth-order valence-corrected chi connectivity index (χ4v) is 3.09. The molecule has 0 spiro atoms. The first-order valence-corrected chi connectivity index (χ1v) is 9.89. The molecule has 0 aromatic heterocycles. The minimum atomic E-state index is -1.19. The van der Waals surface area contributed by atoms with Crippen molar-refractivity contribution in [2.45, 2.75) is 43.9 Å². The number of nitrogens with zero attached hydrogens (tertiary/aromatic N) is 1. The molecule has 6 N–H and O–H groups in total. The molecular formula is C20H30N4O5. The largest absolute Gasteiger partial charge is 0.479 e. The molecule has 1 aliphatic heterocycles. The van der Waals surface area contributed by atoms with Gasteiger partial charge in [-0.05, 0) is 37.9 Å². The molecule has 1 heterocycles. The summed E-state index contributed by atoms with van der Waals surface area (Å²) in [4.78, 5) is 38.3. The Morgan fingerprint density at radius 1 is 1.03 bits per heavy atom. The Bertz CT molecular complexity index is 685. The van der Waals surface area contributed by atoms with Gasteiger partial charge in [-0.15, -0.1) is 0 Å². The number of nitrogens with one attached hydrogen (secondary N) is 1. The van der Waals surface area contributed by atoms with E-state index in [4.69, 9.17) is 21.3 Å². The van der Waals surface area contributed by atoms with Gasteiger partial charge in [-0.25, -0.2) is 4.79 Å². The summed E-state index contributed by atoms with van der Waals surface area (Å²) >= 11 is 0. The number of amides is 2. The van der Waals surface area contributed by atoms with Crippen LogP contribution in [0.4, 0.5) is 0 Å². The van der Waals surface area contributed by atoms with E-state index in [0.29, 0.717) is 39.0 Å². The van der Waals surface area contributed by atoms with Crippen LogP contribution in [0.1, 0.15) is 24.8 Å². The lowest BCUT2D eigenvalue weighted by Gasteiger charge is -2.28. The molecule has 0 bridgehead atoms. The Morgan fingerprint density at radius 3 is 2.28 bits per heavy atom. The van der Waals surface area contributed by atoms with E-state index in [1.165, 1.54) is 0 Å². The summed E-state index contributed by atoms with van der Waals surface area (Å²) in [7, 11) is 0. The van der Waals surface area contributed by atoms with E-state index in [2.05, 4.69) is 5.32 Å². The van der Waals surface area contributed by atoms with Crippen molar-refractivity contribution in [1.82, 2.24) is 10.2 Å². The standard InChI is InChI=1S/C20H30N4O5/c21-9-4-5-11-24(12-6-10-22)19(26)15(13-14-7-2-1-3-8-14)23-18(25)16-17(29-16)20(27)28/h1-3,7-8,15-17H,4-6,9-13,21-22H2,(H,23,25)(H,27,28). The van der Waals surface area contributed by atoms with Crippen LogP contribution in [0.3, 0.4) is 0 Å². The van der Waals surface area contributed by atoms with Gasteiger partial charge < -0.3 is 31.5 Å². The third-order valence-electron chi connectivity index (χ3n) is 4.72. The van der Waals surface area contributed by atoms with Crippen molar-refractivity contribution in [3.8, 4) is 0 Å². The topological polar surface area (TPSA) is 151 Å². The van der Waals surface area contributed by atoms with E-state index < -0.39 is 30.1 Å². The van der Waals surface area contributed by atoms with Crippen molar-refractivity contribution in [2.75, 3.05) is 26.2 Å². The SMILES string of the molecule is NCCCCN(CCCN)C(=O)C(Cc1ccccc1)NC(=O)C1OC1C(=O)O. The number of epoxide rings is 1. The number of carbonyl (C=O) groups is 3. The van der Waals surface area contributed by atoms with E-state index in [0.717, 1.165) is 18.4 Å². The second-order valence-electron chi connectivity index (χ2n) is 7.03. The Balaban J connectivity index is 2.11. The molecule has 160 valence electrons. The lowest BCUT2D eigenvalue weighted by Crippen LogP contribution is -2.51. The van der Waals surface area contributed by atoms with Crippen LogP contribution >= 0.6 is 0 Å². The zero-order valence-corrected chi connectivity index (χ0v) is 16.5. The molecular weight excluding hydrogens is 376 g/mol. The molecule has 9 heteroatoms. The average molecular weight is 406 g/mol. The van der Waals surface area contributed by atoms with Crippen molar-refractivity contribution in [1.29, 1.82) is 0 Å². The van der Waals surface area contributed by atoms with Gasteiger partial charge in [0.2, 0.25) is 5.91 Å². The van der Waals surface area contributed by atoms with Crippen LogP contribution in [0.15, 0.2) is 30.3 Å². The minimum Gasteiger partial charge on any atom is -0.479 e. The fraction of sp³-hybridized carbons (Fsp3) is 0.550. The molecule has 0 aliphatic carbocycles. The Kier molecular flexibility index (Phi) is 9.04. The number of carboxylic acids is 1. The first kappa shape index (κ1) is 22.8. The van der Waals surface area contributed by atoms with Crippen LogP contribution in [0.25, 0.3) is 0 Å². The van der Waals surface area contributed by atoms with Gasteiger partial charge in [0, 0.05) is 19.5 Å². The number of hydrogen-bond acceptors (Lipinski definition) is 6. The number of unbranched alkanes of at least 4 members (excludes halogenated alkanes) is 1. The molecule has 2 rings (SSSR count). The Labute approximate surface area is 170 Å². The van der Waals surface area contributed by atoms with E-state index in [-0.39, 0.29) is 5.91 Å².